The highest BCUT2D eigenvalue weighted by atomic mass is 35.5. The first-order valence-electron chi connectivity index (χ1n) is 11.2. The van der Waals surface area contributed by atoms with Gasteiger partial charge in [-0.25, -0.2) is 12.8 Å². The van der Waals surface area contributed by atoms with Gasteiger partial charge in [-0.1, -0.05) is 23.2 Å². The molecule has 1 aromatic heterocycles. The molecule has 0 N–H and O–H groups in total. The summed E-state index contributed by atoms with van der Waals surface area (Å²) in [6.45, 7) is 1.98. The summed E-state index contributed by atoms with van der Waals surface area (Å²) in [5.41, 5.74) is 1.58. The zero-order chi connectivity index (χ0) is 26.0. The average Bonchev–Trinajstić information content (AvgIpc) is 3.24. The highest BCUT2D eigenvalue weighted by Crippen LogP contribution is 2.39. The lowest BCUT2D eigenvalue weighted by Gasteiger charge is -2.31. The molecule has 0 saturated carbocycles. The predicted octanol–water partition coefficient (Wildman–Crippen LogP) is 5.38. The van der Waals surface area contributed by atoms with Crippen LogP contribution in [0.1, 0.15) is 37.1 Å². The maximum atomic E-state index is 13.5. The van der Waals surface area contributed by atoms with E-state index in [1.807, 2.05) is 0 Å². The molecule has 12 heteroatoms. The fourth-order valence-electron chi connectivity index (χ4n) is 4.17. The van der Waals surface area contributed by atoms with Crippen molar-refractivity contribution in [1.29, 1.82) is 0 Å². The van der Waals surface area contributed by atoms with Crippen LogP contribution in [0.5, 0.6) is 11.5 Å². The van der Waals surface area contributed by atoms with Crippen molar-refractivity contribution in [3.05, 3.63) is 69.7 Å². The molecule has 0 radical (unpaired) electrons. The molecule has 0 aliphatic heterocycles. The van der Waals surface area contributed by atoms with Crippen LogP contribution in [-0.4, -0.2) is 42.1 Å². The molecule has 4 rings (SSSR count). The third kappa shape index (κ3) is 5.36. The van der Waals surface area contributed by atoms with E-state index in [-0.39, 0.29) is 39.6 Å². The first-order chi connectivity index (χ1) is 17.1. The third-order valence-electron chi connectivity index (χ3n) is 5.95. The zero-order valence-corrected chi connectivity index (χ0v) is 21.9. The Bertz CT molecular complexity index is 1400. The molecule has 8 nitrogen and oxygen atoms in total. The monoisotopic (exact) mass is 555 g/mol. The van der Waals surface area contributed by atoms with Crippen molar-refractivity contribution in [1.82, 2.24) is 14.1 Å². The second-order valence-corrected chi connectivity index (χ2v) is 11.0. The van der Waals surface area contributed by atoms with Crippen LogP contribution < -0.4 is 4.74 Å². The van der Waals surface area contributed by atoms with Crippen molar-refractivity contribution in [3.63, 3.8) is 0 Å². The standard InChI is InChI=1S/C24H24Cl2FN3O5S/c1-3-34-24(31)14-30-21-6-4-5-20(17(21)13-28-30)29(2)36(32,33)16-8-10-23(19(26)12-16)35-22-9-7-15(27)11-18(22)25/h7-13,20H,3-6,14H2,1-2H3. The van der Waals surface area contributed by atoms with Crippen molar-refractivity contribution in [2.24, 2.45) is 0 Å². The van der Waals surface area contributed by atoms with Crippen LogP contribution >= 0.6 is 23.2 Å². The van der Waals surface area contributed by atoms with Gasteiger partial charge in [0.25, 0.3) is 0 Å². The molecular weight excluding hydrogens is 532 g/mol. The van der Waals surface area contributed by atoms with Crippen LogP contribution in [0.2, 0.25) is 10.0 Å². The summed E-state index contributed by atoms with van der Waals surface area (Å²) in [4.78, 5) is 11.9. The van der Waals surface area contributed by atoms with Crippen molar-refractivity contribution in [3.8, 4) is 11.5 Å². The Balaban J connectivity index is 1.57. The SMILES string of the molecule is CCOC(=O)Cn1ncc2c1CCCC2N(C)S(=O)(=O)c1ccc(Oc2ccc(F)cc2Cl)c(Cl)c1. The summed E-state index contributed by atoms with van der Waals surface area (Å²) >= 11 is 12.3. The molecule has 1 heterocycles. The molecule has 1 aliphatic carbocycles. The molecule has 0 fully saturated rings. The summed E-state index contributed by atoms with van der Waals surface area (Å²) in [6, 6.07) is 7.30. The van der Waals surface area contributed by atoms with Gasteiger partial charge < -0.3 is 9.47 Å². The highest BCUT2D eigenvalue weighted by Gasteiger charge is 2.34. The molecule has 36 heavy (non-hydrogen) atoms. The van der Waals surface area contributed by atoms with Crippen LogP contribution in [0, 0.1) is 5.82 Å². The van der Waals surface area contributed by atoms with E-state index in [4.69, 9.17) is 32.7 Å². The fourth-order valence-corrected chi connectivity index (χ4v) is 6.06. The number of sulfonamides is 1. The third-order valence-corrected chi connectivity index (χ3v) is 8.40. The molecule has 1 unspecified atom stereocenters. The Labute approximate surface area is 218 Å². The van der Waals surface area contributed by atoms with E-state index < -0.39 is 27.9 Å². The summed E-state index contributed by atoms with van der Waals surface area (Å²) < 4.78 is 53.8. The molecule has 192 valence electrons. The lowest BCUT2D eigenvalue weighted by molar-refractivity contribution is -0.144. The molecule has 1 atom stereocenters. The van der Waals surface area contributed by atoms with Crippen LogP contribution in [-0.2, 0) is 32.5 Å². The number of nitrogens with zero attached hydrogens (tertiary/aromatic N) is 3. The number of hydrogen-bond donors (Lipinski definition) is 0. The molecule has 0 saturated heterocycles. The average molecular weight is 556 g/mol. The van der Waals surface area contributed by atoms with E-state index in [0.717, 1.165) is 23.7 Å². The van der Waals surface area contributed by atoms with Gasteiger partial charge in [0, 0.05) is 18.3 Å². The Morgan fingerprint density at radius 3 is 2.56 bits per heavy atom. The first kappa shape index (κ1) is 26.4. The summed E-state index contributed by atoms with van der Waals surface area (Å²) in [6.07, 6.45) is 3.63. The highest BCUT2D eigenvalue weighted by molar-refractivity contribution is 7.89. The molecular formula is C24H24Cl2FN3O5S. The molecule has 1 aliphatic rings. The van der Waals surface area contributed by atoms with Crippen LogP contribution in [0.25, 0.3) is 0 Å². The fraction of sp³-hybridized carbons (Fsp3) is 0.333. The lowest BCUT2D eigenvalue weighted by Crippen LogP contribution is -2.33. The lowest BCUT2D eigenvalue weighted by atomic mass is 9.93. The van der Waals surface area contributed by atoms with E-state index in [1.54, 1.807) is 17.8 Å². The van der Waals surface area contributed by atoms with Crippen LogP contribution in [0.15, 0.2) is 47.5 Å². The van der Waals surface area contributed by atoms with E-state index in [9.17, 15) is 17.6 Å². The van der Waals surface area contributed by atoms with E-state index in [2.05, 4.69) is 5.10 Å². The number of hydrogen-bond acceptors (Lipinski definition) is 6. The van der Waals surface area contributed by atoms with Gasteiger partial charge in [0.15, 0.2) is 0 Å². The second-order valence-electron chi connectivity index (χ2n) is 8.21. The number of aromatic nitrogens is 2. The molecule has 0 bridgehead atoms. The topological polar surface area (TPSA) is 90.7 Å². The first-order valence-corrected chi connectivity index (χ1v) is 13.4. The number of fused-ring (bicyclic) bond motifs is 1. The van der Waals surface area contributed by atoms with Gasteiger partial charge in [0.05, 0.1) is 33.8 Å². The second kappa shape index (κ2) is 10.8. The Morgan fingerprint density at radius 2 is 1.89 bits per heavy atom. The maximum Gasteiger partial charge on any atom is 0.327 e. The predicted molar refractivity (Wildman–Crippen MR) is 132 cm³/mol. The Kier molecular flexibility index (Phi) is 7.89. The number of halogens is 3. The van der Waals surface area contributed by atoms with Crippen molar-refractivity contribution >= 4 is 39.2 Å². The van der Waals surface area contributed by atoms with Gasteiger partial charge in [-0.2, -0.15) is 9.40 Å². The van der Waals surface area contributed by atoms with Crippen molar-refractivity contribution in [2.45, 2.75) is 43.7 Å². The van der Waals surface area contributed by atoms with Crippen LogP contribution in [0.4, 0.5) is 4.39 Å². The smallest absolute Gasteiger partial charge is 0.327 e. The van der Waals surface area contributed by atoms with Crippen molar-refractivity contribution < 1.29 is 27.1 Å². The van der Waals surface area contributed by atoms with Gasteiger partial charge in [0.2, 0.25) is 10.0 Å². The largest absolute Gasteiger partial charge is 0.465 e. The summed E-state index contributed by atoms with van der Waals surface area (Å²) in [5, 5.41) is 4.42. The molecule has 3 aromatic rings. The number of carbonyl (C=O) groups excluding carboxylic acids is 1. The summed E-state index contributed by atoms with van der Waals surface area (Å²) in [5.74, 6) is -0.556. The quantitative estimate of drug-likeness (QED) is 0.346. The van der Waals surface area contributed by atoms with Gasteiger partial charge in [0.1, 0.15) is 23.9 Å². The van der Waals surface area contributed by atoms with Gasteiger partial charge in [-0.05, 0) is 62.6 Å². The van der Waals surface area contributed by atoms with Crippen molar-refractivity contribution in [2.75, 3.05) is 13.7 Å². The number of carbonyl (C=O) groups is 1. The minimum atomic E-state index is -3.94. The minimum Gasteiger partial charge on any atom is -0.465 e. The van der Waals surface area contributed by atoms with Gasteiger partial charge in [-0.15, -0.1) is 0 Å². The van der Waals surface area contributed by atoms with Gasteiger partial charge in [-0.3, -0.25) is 9.48 Å². The number of benzene rings is 2. The molecule has 2 aromatic carbocycles. The molecule has 0 amide bonds. The minimum absolute atomic E-state index is 0.0152. The number of esters is 1. The molecule has 0 spiro atoms. The van der Waals surface area contributed by atoms with E-state index >= 15 is 0 Å². The van der Waals surface area contributed by atoms with E-state index in [0.29, 0.717) is 12.8 Å². The van der Waals surface area contributed by atoms with E-state index in [1.165, 1.54) is 41.7 Å². The van der Waals surface area contributed by atoms with Gasteiger partial charge >= 0.3 is 5.97 Å². The van der Waals surface area contributed by atoms with Crippen LogP contribution in [0.3, 0.4) is 0 Å². The summed E-state index contributed by atoms with van der Waals surface area (Å²) in [7, 11) is -2.43. The Hall–Kier alpha value is -2.66. The maximum absolute atomic E-state index is 13.5. The normalized spacial score (nSPS) is 15.6. The Morgan fingerprint density at radius 1 is 1.19 bits per heavy atom. The zero-order valence-electron chi connectivity index (χ0n) is 19.6. The number of rotatable bonds is 8. The number of ether oxygens (including phenoxy) is 2.